The molecule has 0 bridgehead atoms. The highest BCUT2D eigenvalue weighted by molar-refractivity contribution is 7.47. The van der Waals surface area contributed by atoms with Crippen molar-refractivity contribution < 1.29 is 42.1 Å². The van der Waals surface area contributed by atoms with Gasteiger partial charge in [-0.25, -0.2) is 4.57 Å². The maximum atomic E-state index is 12.8. The molecule has 0 aromatic heterocycles. The van der Waals surface area contributed by atoms with Crippen LogP contribution in [0.15, 0.2) is 97.2 Å². The molecule has 1 N–H and O–H groups in total. The molecule has 0 saturated heterocycles. The molecule has 0 saturated carbocycles. The first-order valence-corrected chi connectivity index (χ1v) is 31.5. The van der Waals surface area contributed by atoms with E-state index in [-0.39, 0.29) is 32.0 Å². The highest BCUT2D eigenvalue weighted by Gasteiger charge is 2.27. The SMILES string of the molecule is CC/C=C\C/C=C\C/C=C\C/C=C\C/C=C\C/C=C\CCCCCCCCCCCCCCCCC(=O)OC(COC(=O)CCCCCCCCC/C=C\C/C=C\CCCCC)COP(=O)(O)OCC[N+](C)(C)C. The summed E-state index contributed by atoms with van der Waals surface area (Å²) in [5, 5.41) is 0. The van der Waals surface area contributed by atoms with Crippen LogP contribution in [0.5, 0.6) is 0 Å². The molecule has 0 amide bonds. The number of quaternary nitrogens is 1. The van der Waals surface area contributed by atoms with Crippen LogP contribution in [0.3, 0.4) is 0 Å². The molecule has 0 aliphatic rings. The molecule has 0 aromatic carbocycles. The minimum Gasteiger partial charge on any atom is -0.462 e. The largest absolute Gasteiger partial charge is 0.472 e. The van der Waals surface area contributed by atoms with Gasteiger partial charge in [-0.3, -0.25) is 18.6 Å². The van der Waals surface area contributed by atoms with E-state index in [4.69, 9.17) is 18.5 Å². The van der Waals surface area contributed by atoms with Crippen LogP contribution in [0.1, 0.15) is 245 Å². The Morgan fingerprint density at radius 3 is 1.15 bits per heavy atom. The van der Waals surface area contributed by atoms with Crippen molar-refractivity contribution in [2.45, 2.75) is 251 Å². The molecule has 2 unspecified atom stereocenters. The minimum absolute atomic E-state index is 0.0269. The molecule has 426 valence electrons. The van der Waals surface area contributed by atoms with Crippen LogP contribution in [0.4, 0.5) is 0 Å². The first kappa shape index (κ1) is 70.9. The summed E-state index contributed by atoms with van der Waals surface area (Å²) >= 11 is 0. The summed E-state index contributed by atoms with van der Waals surface area (Å²) in [5.41, 5.74) is 0. The van der Waals surface area contributed by atoms with Crippen LogP contribution in [0.2, 0.25) is 0 Å². The van der Waals surface area contributed by atoms with Gasteiger partial charge in [-0.15, -0.1) is 0 Å². The Hall–Kier alpha value is -3.07. The Balaban J connectivity index is 4.11. The second-order valence-corrected chi connectivity index (χ2v) is 22.5. The number of likely N-dealkylation sites (N-methyl/N-ethyl adjacent to an activating group) is 1. The van der Waals surface area contributed by atoms with E-state index in [0.717, 1.165) is 96.3 Å². The van der Waals surface area contributed by atoms with Crippen molar-refractivity contribution in [1.29, 1.82) is 0 Å². The smallest absolute Gasteiger partial charge is 0.462 e. The molecule has 10 heteroatoms. The Bertz CT molecular complexity index is 1570. The van der Waals surface area contributed by atoms with Gasteiger partial charge in [0.25, 0.3) is 0 Å². The topological polar surface area (TPSA) is 108 Å². The van der Waals surface area contributed by atoms with Crippen LogP contribution in [0, 0.1) is 0 Å². The number of allylic oxidation sites excluding steroid dienone is 16. The number of hydrogen-bond donors (Lipinski definition) is 1. The van der Waals surface area contributed by atoms with E-state index in [9.17, 15) is 19.0 Å². The summed E-state index contributed by atoms with van der Waals surface area (Å²) in [5.74, 6) is -0.807. The van der Waals surface area contributed by atoms with Crippen LogP contribution >= 0.6 is 7.82 Å². The molecule has 2 atom stereocenters. The number of carbonyl (C=O) groups is 2. The molecular weight excluding hydrogens is 942 g/mol. The van der Waals surface area contributed by atoms with E-state index in [1.165, 1.54) is 116 Å². The molecule has 74 heavy (non-hydrogen) atoms. The Morgan fingerprint density at radius 1 is 0.432 bits per heavy atom. The standard InChI is InChI=1S/C64H112NO8P/c1-6-8-10-12-14-16-18-20-22-24-25-26-27-28-29-30-31-32-33-34-35-36-37-38-39-41-43-45-47-49-51-53-55-57-64(67)73-62(61-72-74(68,69)71-59-58-65(3,4)5)60-70-63(66)56-54-52-50-48-46-44-42-40-23-21-19-17-15-13-11-9-7-2/h8,10,14-17,20-23,25-26,28-29,31-32,62H,6-7,9,11-13,18-19,24,27,30,33-61H2,1-5H3/p+1/b10-8-,16-14-,17-15-,22-20-,23-21-,26-25-,29-28-,32-31-. The first-order valence-electron chi connectivity index (χ1n) is 30.0. The van der Waals surface area contributed by atoms with Crippen molar-refractivity contribution in [3.8, 4) is 0 Å². The van der Waals surface area contributed by atoms with Gasteiger partial charge in [0.05, 0.1) is 27.7 Å². The number of ether oxygens (including phenoxy) is 2. The molecular formula is C64H113NO8P+. The van der Waals surface area contributed by atoms with Crippen molar-refractivity contribution in [3.05, 3.63) is 97.2 Å². The monoisotopic (exact) mass is 1050 g/mol. The Labute approximate surface area is 455 Å². The lowest BCUT2D eigenvalue weighted by atomic mass is 10.0. The van der Waals surface area contributed by atoms with Crippen LogP contribution in [0.25, 0.3) is 0 Å². The lowest BCUT2D eigenvalue weighted by Gasteiger charge is -2.24. The van der Waals surface area contributed by atoms with E-state index in [0.29, 0.717) is 17.4 Å². The predicted molar refractivity (Wildman–Crippen MR) is 316 cm³/mol. The number of rotatable bonds is 54. The number of phosphoric acid groups is 1. The number of hydrogen-bond acceptors (Lipinski definition) is 7. The van der Waals surface area contributed by atoms with Gasteiger partial charge >= 0.3 is 19.8 Å². The fourth-order valence-corrected chi connectivity index (χ4v) is 8.73. The second-order valence-electron chi connectivity index (χ2n) is 21.0. The predicted octanol–water partition coefficient (Wildman–Crippen LogP) is 18.8. The van der Waals surface area contributed by atoms with Crippen molar-refractivity contribution in [3.63, 3.8) is 0 Å². The lowest BCUT2D eigenvalue weighted by Crippen LogP contribution is -2.37. The molecule has 9 nitrogen and oxygen atoms in total. The lowest BCUT2D eigenvalue weighted by molar-refractivity contribution is -0.870. The quantitative estimate of drug-likeness (QED) is 0.0211. The van der Waals surface area contributed by atoms with Gasteiger partial charge in [0.2, 0.25) is 0 Å². The average molecular weight is 1060 g/mol. The zero-order valence-corrected chi connectivity index (χ0v) is 49.2. The van der Waals surface area contributed by atoms with E-state index < -0.39 is 26.5 Å². The van der Waals surface area contributed by atoms with Crippen molar-refractivity contribution in [1.82, 2.24) is 0 Å². The Morgan fingerprint density at radius 2 is 0.770 bits per heavy atom. The summed E-state index contributed by atoms with van der Waals surface area (Å²) in [6.07, 6.45) is 74.8. The van der Waals surface area contributed by atoms with Gasteiger partial charge in [0, 0.05) is 12.8 Å². The fraction of sp³-hybridized carbons (Fsp3) is 0.719. The summed E-state index contributed by atoms with van der Waals surface area (Å²) < 4.78 is 34.6. The van der Waals surface area contributed by atoms with Gasteiger partial charge in [0.15, 0.2) is 6.10 Å². The van der Waals surface area contributed by atoms with Crippen molar-refractivity contribution >= 4 is 19.8 Å². The molecule has 0 heterocycles. The first-order chi connectivity index (χ1) is 36.0. The molecule has 0 radical (unpaired) electrons. The van der Waals surface area contributed by atoms with E-state index >= 15 is 0 Å². The Kier molecular flexibility index (Phi) is 52.4. The third-order valence-electron chi connectivity index (χ3n) is 12.6. The molecule has 0 aromatic rings. The third-order valence-corrected chi connectivity index (χ3v) is 13.6. The van der Waals surface area contributed by atoms with E-state index in [1.807, 2.05) is 21.1 Å². The molecule has 0 aliphatic carbocycles. The van der Waals surface area contributed by atoms with Gasteiger partial charge in [-0.05, 0) is 96.3 Å². The number of unbranched alkanes of at least 4 members (excludes halogenated alkanes) is 24. The minimum atomic E-state index is -4.39. The van der Waals surface area contributed by atoms with Crippen LogP contribution < -0.4 is 0 Å². The molecule has 0 fully saturated rings. The number of carbonyl (C=O) groups excluding carboxylic acids is 2. The summed E-state index contributed by atoms with van der Waals surface area (Å²) in [6.45, 7) is 4.29. The number of phosphoric ester groups is 1. The van der Waals surface area contributed by atoms with Crippen molar-refractivity contribution in [2.24, 2.45) is 0 Å². The van der Waals surface area contributed by atoms with Crippen molar-refractivity contribution in [2.75, 3.05) is 47.5 Å². The van der Waals surface area contributed by atoms with Crippen LogP contribution in [-0.4, -0.2) is 74.9 Å². The fourth-order valence-electron chi connectivity index (χ4n) is 7.99. The van der Waals surface area contributed by atoms with Gasteiger partial charge in [-0.2, -0.15) is 0 Å². The zero-order chi connectivity index (χ0) is 54.2. The molecule has 0 rings (SSSR count). The van der Waals surface area contributed by atoms with E-state index in [1.54, 1.807) is 0 Å². The van der Waals surface area contributed by atoms with Gasteiger partial charge < -0.3 is 18.9 Å². The maximum absolute atomic E-state index is 12.8. The summed E-state index contributed by atoms with van der Waals surface area (Å²) in [6, 6.07) is 0. The van der Waals surface area contributed by atoms with E-state index in [2.05, 4.69) is 111 Å². The average Bonchev–Trinajstić information content (AvgIpc) is 3.36. The molecule has 0 aliphatic heterocycles. The second kappa shape index (κ2) is 54.7. The number of esters is 2. The highest BCUT2D eigenvalue weighted by Crippen LogP contribution is 2.43. The summed E-state index contributed by atoms with van der Waals surface area (Å²) in [4.78, 5) is 35.7. The third kappa shape index (κ3) is 58.2. The maximum Gasteiger partial charge on any atom is 0.472 e. The highest BCUT2D eigenvalue weighted by atomic mass is 31.2. The number of nitrogens with zero attached hydrogens (tertiary/aromatic N) is 1. The normalized spacial score (nSPS) is 14.0. The van der Waals surface area contributed by atoms with Gasteiger partial charge in [0.1, 0.15) is 19.8 Å². The molecule has 0 spiro atoms. The summed E-state index contributed by atoms with van der Waals surface area (Å²) in [7, 11) is 1.47. The zero-order valence-electron chi connectivity index (χ0n) is 48.3. The van der Waals surface area contributed by atoms with Gasteiger partial charge in [-0.1, -0.05) is 233 Å². The van der Waals surface area contributed by atoms with Crippen LogP contribution in [-0.2, 0) is 32.7 Å².